The lowest BCUT2D eigenvalue weighted by atomic mass is 9.98. The van der Waals surface area contributed by atoms with Gasteiger partial charge in [-0.25, -0.2) is 4.98 Å². The maximum Gasteiger partial charge on any atom is 0.259 e. The van der Waals surface area contributed by atoms with E-state index in [0.29, 0.717) is 17.1 Å². The maximum absolute atomic E-state index is 13.2. The standard InChI is InChI=1S/C25H24N6O2/c1-14-15(2)31(16(3)32)23-12-19(8-9-20(14)23)29-25(33)21-5-4-10-26-24(21)28-18-7-6-17-13-27-30-22(17)11-18/h4-15H,1-3H3,(H,26,28)(H,27,30)(H,29,33)/t14?,15-/m0/s1. The molecule has 0 fully saturated rings. The molecule has 8 nitrogen and oxygen atoms in total. The lowest BCUT2D eigenvalue weighted by Crippen LogP contribution is -2.34. The van der Waals surface area contributed by atoms with Gasteiger partial charge in [-0.05, 0) is 55.0 Å². The molecule has 0 spiro atoms. The smallest absolute Gasteiger partial charge is 0.259 e. The fourth-order valence-corrected chi connectivity index (χ4v) is 4.41. The van der Waals surface area contributed by atoms with Crippen LogP contribution in [0.4, 0.5) is 22.9 Å². The first kappa shape index (κ1) is 20.7. The number of aromatic amines is 1. The van der Waals surface area contributed by atoms with Crippen LogP contribution in [-0.4, -0.2) is 33.0 Å². The number of nitrogens with one attached hydrogen (secondary N) is 3. The lowest BCUT2D eigenvalue weighted by molar-refractivity contribution is -0.116. The topological polar surface area (TPSA) is 103 Å². The fourth-order valence-electron chi connectivity index (χ4n) is 4.41. The average molecular weight is 441 g/mol. The molecule has 2 amide bonds. The van der Waals surface area contributed by atoms with Crippen molar-refractivity contribution in [1.82, 2.24) is 15.2 Å². The number of hydrogen-bond acceptors (Lipinski definition) is 5. The Hall–Kier alpha value is -4.20. The van der Waals surface area contributed by atoms with E-state index >= 15 is 0 Å². The Bertz CT molecular complexity index is 1380. The highest BCUT2D eigenvalue weighted by atomic mass is 16.2. The third-order valence-electron chi connectivity index (χ3n) is 6.27. The molecular formula is C25H24N6O2. The Morgan fingerprint density at radius 2 is 1.88 bits per heavy atom. The summed E-state index contributed by atoms with van der Waals surface area (Å²) in [5.74, 6) is 0.379. The number of carbonyl (C=O) groups is 2. The Balaban J connectivity index is 1.41. The number of pyridine rings is 1. The van der Waals surface area contributed by atoms with E-state index in [1.165, 1.54) is 0 Å². The molecule has 33 heavy (non-hydrogen) atoms. The number of hydrogen-bond donors (Lipinski definition) is 3. The second kappa shape index (κ2) is 8.05. The minimum Gasteiger partial charge on any atom is -0.340 e. The highest BCUT2D eigenvalue weighted by molar-refractivity contribution is 6.08. The Labute approximate surface area is 191 Å². The van der Waals surface area contributed by atoms with Gasteiger partial charge in [0, 0.05) is 47.5 Å². The van der Waals surface area contributed by atoms with Crippen LogP contribution in [0.1, 0.15) is 42.6 Å². The molecule has 5 rings (SSSR count). The molecule has 1 aliphatic rings. The summed E-state index contributed by atoms with van der Waals surface area (Å²) in [6.07, 6.45) is 3.39. The summed E-state index contributed by atoms with van der Waals surface area (Å²) < 4.78 is 0. The third kappa shape index (κ3) is 3.69. The SMILES string of the molecule is CC(=O)N1c2cc(NC(=O)c3cccnc3Nc3ccc4cn[nH]c4c3)ccc2C(C)[C@@H]1C. The molecule has 3 N–H and O–H groups in total. The summed E-state index contributed by atoms with van der Waals surface area (Å²) in [5, 5.41) is 14.2. The highest BCUT2D eigenvalue weighted by Crippen LogP contribution is 2.42. The summed E-state index contributed by atoms with van der Waals surface area (Å²) >= 11 is 0. The number of rotatable bonds is 4. The molecule has 8 heteroatoms. The van der Waals surface area contributed by atoms with Gasteiger partial charge in [0.25, 0.3) is 5.91 Å². The van der Waals surface area contributed by atoms with Crippen LogP contribution >= 0.6 is 0 Å². The minimum atomic E-state index is -0.290. The monoisotopic (exact) mass is 440 g/mol. The zero-order valence-electron chi connectivity index (χ0n) is 18.6. The van der Waals surface area contributed by atoms with E-state index in [1.54, 1.807) is 36.4 Å². The quantitative estimate of drug-likeness (QED) is 0.422. The van der Waals surface area contributed by atoms with E-state index in [9.17, 15) is 9.59 Å². The second-order valence-corrected chi connectivity index (χ2v) is 8.34. The Morgan fingerprint density at radius 1 is 1.06 bits per heavy atom. The molecule has 166 valence electrons. The van der Waals surface area contributed by atoms with E-state index in [1.807, 2.05) is 43.3 Å². The summed E-state index contributed by atoms with van der Waals surface area (Å²) in [6.45, 7) is 5.72. The number of amides is 2. The van der Waals surface area contributed by atoms with Crippen molar-refractivity contribution >= 4 is 45.6 Å². The highest BCUT2D eigenvalue weighted by Gasteiger charge is 2.35. The first-order valence-corrected chi connectivity index (χ1v) is 10.8. The number of aromatic nitrogens is 3. The number of carbonyl (C=O) groups excluding carboxylic acids is 2. The molecule has 2 atom stereocenters. The fraction of sp³-hybridized carbons (Fsp3) is 0.200. The van der Waals surface area contributed by atoms with E-state index in [-0.39, 0.29) is 23.8 Å². The van der Waals surface area contributed by atoms with Crippen molar-refractivity contribution in [3.05, 3.63) is 72.1 Å². The van der Waals surface area contributed by atoms with E-state index in [0.717, 1.165) is 27.8 Å². The van der Waals surface area contributed by atoms with E-state index < -0.39 is 0 Å². The number of anilines is 4. The molecule has 0 saturated heterocycles. The summed E-state index contributed by atoms with van der Waals surface area (Å²) in [7, 11) is 0. The van der Waals surface area contributed by atoms with E-state index in [4.69, 9.17) is 0 Å². The van der Waals surface area contributed by atoms with Gasteiger partial charge < -0.3 is 15.5 Å². The van der Waals surface area contributed by atoms with Gasteiger partial charge in [0.05, 0.1) is 17.3 Å². The maximum atomic E-state index is 13.2. The van der Waals surface area contributed by atoms with Crippen LogP contribution < -0.4 is 15.5 Å². The van der Waals surface area contributed by atoms with Crippen molar-refractivity contribution in [2.45, 2.75) is 32.7 Å². The predicted octanol–water partition coefficient (Wildman–Crippen LogP) is 4.81. The molecule has 0 radical (unpaired) electrons. The zero-order valence-corrected chi connectivity index (χ0v) is 18.6. The van der Waals surface area contributed by atoms with Gasteiger partial charge in [-0.15, -0.1) is 0 Å². The molecule has 3 heterocycles. The Kier molecular flexibility index (Phi) is 5.05. The molecule has 0 aliphatic carbocycles. The van der Waals surface area contributed by atoms with Gasteiger partial charge >= 0.3 is 0 Å². The van der Waals surface area contributed by atoms with Crippen molar-refractivity contribution in [2.24, 2.45) is 0 Å². The van der Waals surface area contributed by atoms with Gasteiger partial charge in [-0.3, -0.25) is 14.7 Å². The van der Waals surface area contributed by atoms with Gasteiger partial charge in [-0.2, -0.15) is 5.10 Å². The van der Waals surface area contributed by atoms with Crippen LogP contribution in [0.3, 0.4) is 0 Å². The summed E-state index contributed by atoms with van der Waals surface area (Å²) in [5.41, 5.74) is 4.66. The van der Waals surface area contributed by atoms with Crippen LogP contribution in [0.25, 0.3) is 10.9 Å². The van der Waals surface area contributed by atoms with Crippen LogP contribution in [0.5, 0.6) is 0 Å². The van der Waals surface area contributed by atoms with Gasteiger partial charge in [0.1, 0.15) is 5.82 Å². The van der Waals surface area contributed by atoms with Gasteiger partial charge in [-0.1, -0.05) is 13.0 Å². The molecular weight excluding hydrogens is 416 g/mol. The van der Waals surface area contributed by atoms with Crippen LogP contribution in [0.15, 0.2) is 60.9 Å². The second-order valence-electron chi connectivity index (χ2n) is 8.34. The molecule has 0 bridgehead atoms. The largest absolute Gasteiger partial charge is 0.340 e. The first-order chi connectivity index (χ1) is 15.9. The third-order valence-corrected chi connectivity index (χ3v) is 6.27. The lowest BCUT2D eigenvalue weighted by Gasteiger charge is -2.22. The van der Waals surface area contributed by atoms with Crippen LogP contribution in [-0.2, 0) is 4.79 Å². The molecule has 1 unspecified atom stereocenters. The van der Waals surface area contributed by atoms with Crippen molar-refractivity contribution in [2.75, 3.05) is 15.5 Å². The Morgan fingerprint density at radius 3 is 2.70 bits per heavy atom. The number of fused-ring (bicyclic) bond motifs is 2. The summed E-state index contributed by atoms with van der Waals surface area (Å²) in [4.78, 5) is 31.5. The molecule has 4 aromatic rings. The zero-order chi connectivity index (χ0) is 23.1. The van der Waals surface area contributed by atoms with Crippen molar-refractivity contribution in [1.29, 1.82) is 0 Å². The molecule has 2 aromatic heterocycles. The summed E-state index contributed by atoms with van der Waals surface area (Å²) in [6, 6.07) is 15.0. The van der Waals surface area contributed by atoms with E-state index in [2.05, 4.69) is 32.7 Å². The normalized spacial score (nSPS) is 17.1. The van der Waals surface area contributed by atoms with Crippen LogP contribution in [0, 0.1) is 0 Å². The van der Waals surface area contributed by atoms with Crippen molar-refractivity contribution in [3.63, 3.8) is 0 Å². The molecule has 2 aromatic carbocycles. The number of H-pyrrole nitrogens is 1. The number of benzene rings is 2. The van der Waals surface area contributed by atoms with Gasteiger partial charge in [0.15, 0.2) is 0 Å². The van der Waals surface area contributed by atoms with Gasteiger partial charge in [0.2, 0.25) is 5.91 Å². The average Bonchev–Trinajstić information content (AvgIpc) is 3.36. The van der Waals surface area contributed by atoms with Crippen molar-refractivity contribution in [3.8, 4) is 0 Å². The van der Waals surface area contributed by atoms with Crippen molar-refractivity contribution < 1.29 is 9.59 Å². The van der Waals surface area contributed by atoms with Crippen LogP contribution in [0.2, 0.25) is 0 Å². The number of nitrogens with zero attached hydrogens (tertiary/aromatic N) is 3. The molecule has 0 saturated carbocycles. The predicted molar refractivity (Wildman–Crippen MR) is 129 cm³/mol. The first-order valence-electron chi connectivity index (χ1n) is 10.8. The minimum absolute atomic E-state index is 0.00967. The molecule has 1 aliphatic heterocycles.